The summed E-state index contributed by atoms with van der Waals surface area (Å²) in [5, 5.41) is 6.19. The summed E-state index contributed by atoms with van der Waals surface area (Å²) in [7, 11) is 1.11. The molecular weight excluding hydrogens is 468 g/mol. The number of aromatic nitrogens is 4. The van der Waals surface area contributed by atoms with Gasteiger partial charge in [0.2, 0.25) is 5.56 Å². The number of aryl methyl sites for hydroxylation is 1. The summed E-state index contributed by atoms with van der Waals surface area (Å²) in [6, 6.07) is 8.23. The molecule has 34 heavy (non-hydrogen) atoms. The number of H-pyrrole nitrogens is 1. The van der Waals surface area contributed by atoms with Crippen molar-refractivity contribution in [3.05, 3.63) is 76.0 Å². The van der Waals surface area contributed by atoms with Crippen LogP contribution in [0, 0.1) is 0 Å². The van der Waals surface area contributed by atoms with Gasteiger partial charge < -0.3 is 10.3 Å². The van der Waals surface area contributed by atoms with Gasteiger partial charge in [-0.25, -0.2) is 0 Å². The smallest absolute Gasteiger partial charge is 0.322 e. The molecule has 0 atom stereocenters. The normalized spacial score (nSPS) is 12.2. The lowest BCUT2D eigenvalue weighted by Crippen LogP contribution is -2.21. The Morgan fingerprint density at radius 3 is 2.44 bits per heavy atom. The van der Waals surface area contributed by atoms with Gasteiger partial charge in [-0.05, 0) is 24.3 Å². The summed E-state index contributed by atoms with van der Waals surface area (Å²) in [5.41, 5.74) is -4.79. The van der Waals surface area contributed by atoms with Crippen molar-refractivity contribution >= 4 is 22.5 Å². The van der Waals surface area contributed by atoms with Crippen LogP contribution in [0.5, 0.6) is 0 Å². The molecule has 7 nitrogen and oxygen atoms in total. The van der Waals surface area contributed by atoms with Crippen molar-refractivity contribution in [2.75, 3.05) is 5.32 Å². The van der Waals surface area contributed by atoms with Gasteiger partial charge in [0, 0.05) is 41.5 Å². The molecule has 4 rings (SSSR count). The van der Waals surface area contributed by atoms with Gasteiger partial charge in [0.15, 0.2) is 0 Å². The van der Waals surface area contributed by atoms with Crippen LogP contribution in [0.1, 0.15) is 21.7 Å². The van der Waals surface area contributed by atoms with Crippen molar-refractivity contribution in [2.24, 2.45) is 7.05 Å². The van der Waals surface area contributed by atoms with Crippen LogP contribution in [0.25, 0.3) is 22.2 Å². The Morgan fingerprint density at radius 2 is 1.76 bits per heavy atom. The first-order valence-corrected chi connectivity index (χ1v) is 9.47. The molecule has 1 aromatic carbocycles. The molecule has 4 aromatic rings. The molecule has 0 spiro atoms. The molecule has 0 aliphatic heterocycles. The van der Waals surface area contributed by atoms with E-state index < -0.39 is 52.2 Å². The largest absolute Gasteiger partial charge is 0.433 e. The number of hydrogen-bond donors (Lipinski definition) is 2. The molecule has 0 fully saturated rings. The number of halogens is 6. The van der Waals surface area contributed by atoms with E-state index in [1.807, 2.05) is 5.32 Å². The van der Waals surface area contributed by atoms with E-state index in [4.69, 9.17) is 0 Å². The van der Waals surface area contributed by atoms with Gasteiger partial charge in [-0.15, -0.1) is 0 Å². The number of carbonyl (C=O) groups is 1. The molecule has 0 saturated heterocycles. The van der Waals surface area contributed by atoms with Crippen LogP contribution in [0.4, 0.5) is 32.0 Å². The molecule has 3 aromatic heterocycles. The fourth-order valence-electron chi connectivity index (χ4n) is 3.49. The number of hydrogen-bond acceptors (Lipinski definition) is 4. The van der Waals surface area contributed by atoms with E-state index >= 15 is 0 Å². The first-order valence-electron chi connectivity index (χ1n) is 9.47. The second kappa shape index (κ2) is 8.01. The zero-order chi connectivity index (χ0) is 24.8. The molecule has 2 N–H and O–H groups in total. The minimum Gasteiger partial charge on any atom is -0.322 e. The zero-order valence-corrected chi connectivity index (χ0v) is 17.0. The number of nitrogens with one attached hydrogen (secondary N) is 2. The number of aromatic amines is 1. The lowest BCUT2D eigenvalue weighted by Gasteiger charge is -2.13. The molecule has 0 bridgehead atoms. The standard InChI is InChI=1S/C21H13F6N5O2/c1-32-18(19(34)29-10-7-8-28-14(9-10)20(22,23)24)16(21(25,26)27)17(31-32)12-3-2-4-13-11(12)5-6-15(33)30-13/h2-9H,1H3,(H,30,33)(H,28,29,34). The third-order valence-electron chi connectivity index (χ3n) is 4.87. The third-order valence-corrected chi connectivity index (χ3v) is 4.87. The van der Waals surface area contributed by atoms with Gasteiger partial charge in [0.1, 0.15) is 22.6 Å². The molecule has 0 aliphatic rings. The number of rotatable bonds is 3. The number of carbonyl (C=O) groups excluding carboxylic acids is 1. The monoisotopic (exact) mass is 481 g/mol. The molecule has 1 amide bonds. The number of benzene rings is 1. The highest BCUT2D eigenvalue weighted by Crippen LogP contribution is 2.41. The van der Waals surface area contributed by atoms with Gasteiger partial charge in [0.25, 0.3) is 5.91 Å². The van der Waals surface area contributed by atoms with Crippen molar-refractivity contribution in [1.29, 1.82) is 0 Å². The van der Waals surface area contributed by atoms with E-state index in [9.17, 15) is 35.9 Å². The summed E-state index contributed by atoms with van der Waals surface area (Å²) >= 11 is 0. The maximum atomic E-state index is 14.1. The molecular formula is C21H13F6N5O2. The molecule has 0 radical (unpaired) electrons. The van der Waals surface area contributed by atoms with Crippen molar-refractivity contribution < 1.29 is 31.1 Å². The fourth-order valence-corrected chi connectivity index (χ4v) is 3.49. The van der Waals surface area contributed by atoms with E-state index in [1.54, 1.807) is 0 Å². The number of fused-ring (bicyclic) bond motifs is 1. The number of alkyl halides is 6. The summed E-state index contributed by atoms with van der Waals surface area (Å²) < 4.78 is 81.8. The summed E-state index contributed by atoms with van der Waals surface area (Å²) in [6.07, 6.45) is -9.09. The van der Waals surface area contributed by atoms with E-state index in [1.165, 1.54) is 24.3 Å². The maximum Gasteiger partial charge on any atom is 0.433 e. The minimum absolute atomic E-state index is 0.000932. The van der Waals surface area contributed by atoms with Crippen LogP contribution in [0.15, 0.2) is 53.5 Å². The molecule has 3 heterocycles. The van der Waals surface area contributed by atoms with E-state index in [0.717, 1.165) is 25.4 Å². The molecule has 0 saturated carbocycles. The molecule has 176 valence electrons. The van der Waals surface area contributed by atoms with Crippen molar-refractivity contribution in [2.45, 2.75) is 12.4 Å². The zero-order valence-electron chi connectivity index (χ0n) is 17.0. The van der Waals surface area contributed by atoms with Crippen molar-refractivity contribution in [3.63, 3.8) is 0 Å². The third kappa shape index (κ3) is 4.23. The van der Waals surface area contributed by atoms with Gasteiger partial charge in [0.05, 0.1) is 0 Å². The quantitative estimate of drug-likeness (QED) is 0.418. The van der Waals surface area contributed by atoms with Gasteiger partial charge in [-0.1, -0.05) is 12.1 Å². The van der Waals surface area contributed by atoms with Crippen LogP contribution < -0.4 is 10.9 Å². The second-order valence-corrected chi connectivity index (χ2v) is 7.16. The van der Waals surface area contributed by atoms with Crippen molar-refractivity contribution in [3.8, 4) is 11.3 Å². The molecule has 0 aliphatic carbocycles. The highest BCUT2D eigenvalue weighted by atomic mass is 19.4. The van der Waals surface area contributed by atoms with Crippen LogP contribution in [0.2, 0.25) is 0 Å². The first kappa shape index (κ1) is 23.0. The Hall–Kier alpha value is -4.16. The Labute approximate surface area is 186 Å². The number of pyridine rings is 2. The predicted molar refractivity (Wildman–Crippen MR) is 109 cm³/mol. The summed E-state index contributed by atoms with van der Waals surface area (Å²) in [5.74, 6) is -1.32. The molecule has 0 unspecified atom stereocenters. The average molecular weight is 481 g/mol. The highest BCUT2D eigenvalue weighted by molar-refractivity contribution is 6.06. The van der Waals surface area contributed by atoms with Crippen LogP contribution in [-0.4, -0.2) is 25.7 Å². The SMILES string of the molecule is Cn1nc(-c2cccc3[nH]c(=O)ccc23)c(C(F)(F)F)c1C(=O)Nc1ccnc(C(F)(F)F)c1. The van der Waals surface area contributed by atoms with Gasteiger partial charge in [-0.3, -0.25) is 19.3 Å². The van der Waals surface area contributed by atoms with Gasteiger partial charge in [-0.2, -0.15) is 31.4 Å². The lowest BCUT2D eigenvalue weighted by molar-refractivity contribution is -0.141. The van der Waals surface area contributed by atoms with Crippen LogP contribution >= 0.6 is 0 Å². The van der Waals surface area contributed by atoms with E-state index in [0.29, 0.717) is 10.7 Å². The number of anilines is 1. The first-order chi connectivity index (χ1) is 15.9. The Morgan fingerprint density at radius 1 is 1.03 bits per heavy atom. The Bertz CT molecular complexity index is 1470. The summed E-state index contributed by atoms with van der Waals surface area (Å²) in [4.78, 5) is 30.0. The Kier molecular flexibility index (Phi) is 5.42. The number of amides is 1. The topological polar surface area (TPSA) is 92.7 Å². The van der Waals surface area contributed by atoms with Crippen molar-refractivity contribution in [1.82, 2.24) is 19.7 Å². The minimum atomic E-state index is -5.05. The summed E-state index contributed by atoms with van der Waals surface area (Å²) in [6.45, 7) is 0. The highest BCUT2D eigenvalue weighted by Gasteiger charge is 2.42. The lowest BCUT2D eigenvalue weighted by atomic mass is 10.0. The van der Waals surface area contributed by atoms with E-state index in [2.05, 4.69) is 15.1 Å². The second-order valence-electron chi connectivity index (χ2n) is 7.16. The van der Waals surface area contributed by atoms with Gasteiger partial charge >= 0.3 is 12.4 Å². The average Bonchev–Trinajstić information content (AvgIpc) is 3.10. The van der Waals surface area contributed by atoms with Crippen LogP contribution in [0.3, 0.4) is 0 Å². The maximum absolute atomic E-state index is 14.1. The van der Waals surface area contributed by atoms with E-state index in [-0.39, 0.29) is 16.5 Å². The fraction of sp³-hybridized carbons (Fsp3) is 0.143. The number of nitrogens with zero attached hydrogens (tertiary/aromatic N) is 3. The Balaban J connectivity index is 1.85. The molecule has 13 heteroatoms. The predicted octanol–water partition coefficient (Wildman–Crippen LogP) is 4.61. The van der Waals surface area contributed by atoms with Crippen LogP contribution in [-0.2, 0) is 19.4 Å².